The van der Waals surface area contributed by atoms with Gasteiger partial charge in [-0.05, 0) is 44.9 Å². The first-order valence-corrected chi connectivity index (χ1v) is 11.4. The van der Waals surface area contributed by atoms with E-state index in [9.17, 15) is 18.0 Å². The molecule has 0 radical (unpaired) electrons. The van der Waals surface area contributed by atoms with Crippen molar-refractivity contribution in [3.63, 3.8) is 0 Å². The molecule has 0 spiro atoms. The summed E-state index contributed by atoms with van der Waals surface area (Å²) in [5.41, 5.74) is 2.47. The summed E-state index contributed by atoms with van der Waals surface area (Å²) in [4.78, 5) is 22.4. The summed E-state index contributed by atoms with van der Waals surface area (Å²) < 4.78 is 48.7. The maximum absolute atomic E-state index is 14.9. The van der Waals surface area contributed by atoms with Crippen LogP contribution in [0.3, 0.4) is 0 Å². The van der Waals surface area contributed by atoms with E-state index >= 15 is 0 Å². The van der Waals surface area contributed by atoms with Gasteiger partial charge in [0.1, 0.15) is 11.5 Å². The Bertz CT molecular complexity index is 1490. The fourth-order valence-corrected chi connectivity index (χ4v) is 4.50. The molecule has 0 aliphatic carbocycles. The standard InChI is InChI=1S/C24H21ClF3N5O2/c1-12-13(2)30-22-21(17-4-3-16(25)8-18(17)26)31-19(11-32(22)23(12)34)14-5-6-35-20(7-14)15-9-29-33(10-15)24(27)28/h3-4,8-11,14,20,24H,5-7H2,1-2H3/t14-,20+/m0/s1. The second-order valence-electron chi connectivity index (χ2n) is 8.57. The maximum Gasteiger partial charge on any atom is 0.333 e. The van der Waals surface area contributed by atoms with Gasteiger partial charge in [0.15, 0.2) is 5.65 Å². The van der Waals surface area contributed by atoms with Crippen molar-refractivity contribution in [3.05, 3.63) is 80.5 Å². The Morgan fingerprint density at radius 1 is 1.20 bits per heavy atom. The molecule has 2 atom stereocenters. The monoisotopic (exact) mass is 503 g/mol. The first-order valence-electron chi connectivity index (χ1n) is 11.0. The Morgan fingerprint density at radius 3 is 2.71 bits per heavy atom. The van der Waals surface area contributed by atoms with Crippen LogP contribution < -0.4 is 5.56 Å². The molecule has 4 aromatic rings. The minimum Gasteiger partial charge on any atom is -0.373 e. The van der Waals surface area contributed by atoms with Crippen molar-refractivity contribution < 1.29 is 17.9 Å². The molecule has 0 saturated carbocycles. The molecule has 11 heteroatoms. The van der Waals surface area contributed by atoms with Crippen LogP contribution in [0.5, 0.6) is 0 Å². The molecular formula is C24H21ClF3N5O2. The molecule has 1 fully saturated rings. The molecular weight excluding hydrogens is 483 g/mol. The largest absolute Gasteiger partial charge is 0.373 e. The van der Waals surface area contributed by atoms with E-state index in [1.807, 2.05) is 0 Å². The van der Waals surface area contributed by atoms with Crippen LogP contribution >= 0.6 is 11.6 Å². The molecule has 7 nitrogen and oxygen atoms in total. The number of aromatic nitrogens is 5. The first-order chi connectivity index (χ1) is 16.7. The smallest absolute Gasteiger partial charge is 0.333 e. The molecule has 1 aliphatic rings. The van der Waals surface area contributed by atoms with Crippen molar-refractivity contribution in [2.75, 3.05) is 6.61 Å². The normalized spacial score (nSPS) is 18.5. The lowest BCUT2D eigenvalue weighted by molar-refractivity contribution is 0.00407. The Morgan fingerprint density at radius 2 is 2.00 bits per heavy atom. The number of ether oxygens (including phenoxy) is 1. The van der Waals surface area contributed by atoms with E-state index in [4.69, 9.17) is 21.3 Å². The van der Waals surface area contributed by atoms with Gasteiger partial charge in [0.2, 0.25) is 0 Å². The van der Waals surface area contributed by atoms with Crippen LogP contribution in [0.4, 0.5) is 13.2 Å². The zero-order valence-corrected chi connectivity index (χ0v) is 19.6. The summed E-state index contributed by atoms with van der Waals surface area (Å²) in [7, 11) is 0. The Labute approximate surface area is 203 Å². The van der Waals surface area contributed by atoms with E-state index in [2.05, 4.69) is 10.1 Å². The van der Waals surface area contributed by atoms with Gasteiger partial charge in [-0.1, -0.05) is 11.6 Å². The topological polar surface area (TPSA) is 74.3 Å². The lowest BCUT2D eigenvalue weighted by Gasteiger charge is -2.29. The molecule has 4 heterocycles. The highest BCUT2D eigenvalue weighted by Crippen LogP contribution is 2.38. The summed E-state index contributed by atoms with van der Waals surface area (Å²) in [6.45, 7) is 1.02. The number of benzene rings is 1. The molecule has 1 saturated heterocycles. The summed E-state index contributed by atoms with van der Waals surface area (Å²) in [6.07, 6.45) is 4.81. The van der Waals surface area contributed by atoms with E-state index in [1.54, 1.807) is 26.1 Å². The van der Waals surface area contributed by atoms with E-state index in [-0.39, 0.29) is 33.4 Å². The number of halogens is 4. The fraction of sp³-hybridized carbons (Fsp3) is 0.333. The SMILES string of the molecule is Cc1nc2c(-c3ccc(Cl)cc3F)nc([C@H]3CCO[C@@H](c4cnn(C(F)F)c4)C3)cn2c(=O)c1C. The number of fused-ring (bicyclic) bond motifs is 1. The summed E-state index contributed by atoms with van der Waals surface area (Å²) >= 11 is 5.94. The van der Waals surface area contributed by atoms with Crippen molar-refractivity contribution in [2.24, 2.45) is 0 Å². The van der Waals surface area contributed by atoms with Crippen molar-refractivity contribution in [1.29, 1.82) is 0 Å². The second kappa shape index (κ2) is 9.09. The number of rotatable bonds is 4. The third kappa shape index (κ3) is 4.32. The maximum atomic E-state index is 14.9. The lowest BCUT2D eigenvalue weighted by Crippen LogP contribution is -2.24. The molecule has 0 bridgehead atoms. The summed E-state index contributed by atoms with van der Waals surface area (Å²) in [6, 6.07) is 4.25. The van der Waals surface area contributed by atoms with Crippen LogP contribution in [0.25, 0.3) is 16.9 Å². The van der Waals surface area contributed by atoms with Crippen molar-refractivity contribution in [2.45, 2.75) is 45.3 Å². The third-order valence-corrected chi connectivity index (χ3v) is 6.61. The van der Waals surface area contributed by atoms with Gasteiger partial charge < -0.3 is 4.74 Å². The van der Waals surface area contributed by atoms with Crippen LogP contribution in [0.1, 0.15) is 53.9 Å². The van der Waals surface area contributed by atoms with Crippen molar-refractivity contribution >= 4 is 17.2 Å². The van der Waals surface area contributed by atoms with E-state index in [1.165, 1.54) is 28.9 Å². The zero-order valence-electron chi connectivity index (χ0n) is 18.9. The van der Waals surface area contributed by atoms with E-state index < -0.39 is 18.5 Å². The van der Waals surface area contributed by atoms with Gasteiger partial charge in [-0.3, -0.25) is 9.20 Å². The van der Waals surface area contributed by atoms with E-state index in [0.29, 0.717) is 46.6 Å². The van der Waals surface area contributed by atoms with Gasteiger partial charge in [-0.2, -0.15) is 13.9 Å². The number of aryl methyl sites for hydroxylation is 1. The highest BCUT2D eigenvalue weighted by Gasteiger charge is 2.29. The molecule has 182 valence electrons. The van der Waals surface area contributed by atoms with Crippen LogP contribution in [0.2, 0.25) is 5.02 Å². The van der Waals surface area contributed by atoms with Gasteiger partial charge in [0.25, 0.3) is 5.56 Å². The molecule has 0 unspecified atom stereocenters. The second-order valence-corrected chi connectivity index (χ2v) is 9.01. The summed E-state index contributed by atoms with van der Waals surface area (Å²) in [5.74, 6) is -0.753. The molecule has 0 N–H and O–H groups in total. The Balaban J connectivity index is 1.62. The van der Waals surface area contributed by atoms with Gasteiger partial charge in [-0.15, -0.1) is 0 Å². The lowest BCUT2D eigenvalue weighted by atomic mass is 9.90. The van der Waals surface area contributed by atoms with Gasteiger partial charge in [0, 0.05) is 52.3 Å². The Hall–Kier alpha value is -3.24. The average Bonchev–Trinajstić information content (AvgIpc) is 3.34. The van der Waals surface area contributed by atoms with Crippen LogP contribution in [0, 0.1) is 19.7 Å². The molecule has 0 amide bonds. The number of nitrogens with zero attached hydrogens (tertiary/aromatic N) is 5. The highest BCUT2D eigenvalue weighted by molar-refractivity contribution is 6.30. The van der Waals surface area contributed by atoms with Crippen LogP contribution in [-0.2, 0) is 4.74 Å². The van der Waals surface area contributed by atoms with Crippen LogP contribution in [-0.4, -0.2) is 30.8 Å². The van der Waals surface area contributed by atoms with Crippen LogP contribution in [0.15, 0.2) is 41.6 Å². The summed E-state index contributed by atoms with van der Waals surface area (Å²) in [5, 5.41) is 3.93. The van der Waals surface area contributed by atoms with Gasteiger partial charge in [0.05, 0.1) is 18.0 Å². The number of hydrogen-bond acceptors (Lipinski definition) is 5. The molecule has 35 heavy (non-hydrogen) atoms. The first kappa shape index (κ1) is 23.5. The zero-order chi connectivity index (χ0) is 24.9. The number of alkyl halides is 2. The van der Waals surface area contributed by atoms with Crippen molar-refractivity contribution in [1.82, 2.24) is 24.1 Å². The fourth-order valence-electron chi connectivity index (χ4n) is 4.34. The minimum absolute atomic E-state index is 0.171. The third-order valence-electron chi connectivity index (χ3n) is 6.38. The predicted molar refractivity (Wildman–Crippen MR) is 123 cm³/mol. The highest BCUT2D eigenvalue weighted by atomic mass is 35.5. The minimum atomic E-state index is -2.74. The van der Waals surface area contributed by atoms with Gasteiger partial charge in [-0.25, -0.2) is 19.0 Å². The molecule has 3 aromatic heterocycles. The average molecular weight is 504 g/mol. The molecule has 1 aliphatic heterocycles. The molecule has 5 rings (SSSR count). The molecule has 1 aromatic carbocycles. The van der Waals surface area contributed by atoms with E-state index in [0.717, 1.165) is 0 Å². The number of hydrogen-bond donors (Lipinski definition) is 0. The van der Waals surface area contributed by atoms with Gasteiger partial charge >= 0.3 is 6.55 Å². The predicted octanol–water partition coefficient (Wildman–Crippen LogP) is 5.39. The quantitative estimate of drug-likeness (QED) is 0.373. The Kier molecular flexibility index (Phi) is 6.10. The van der Waals surface area contributed by atoms with Crippen molar-refractivity contribution in [3.8, 4) is 11.3 Å².